The van der Waals surface area contributed by atoms with Gasteiger partial charge < -0.3 is 29.7 Å². The Morgan fingerprint density at radius 2 is 1.90 bits per heavy atom. The molecule has 1 aromatic carbocycles. The van der Waals surface area contributed by atoms with Crippen molar-refractivity contribution in [2.75, 3.05) is 13.6 Å². The summed E-state index contributed by atoms with van der Waals surface area (Å²) in [5.74, 6) is -3.22. The lowest BCUT2D eigenvalue weighted by molar-refractivity contribution is -0.157. The number of likely N-dealkylation sites (tertiary alicyclic amines) is 1. The second-order valence-corrected chi connectivity index (χ2v) is 11.7. The van der Waals surface area contributed by atoms with Crippen molar-refractivity contribution in [1.29, 1.82) is 0 Å². The van der Waals surface area contributed by atoms with Gasteiger partial charge in [-0.1, -0.05) is 19.9 Å². The summed E-state index contributed by atoms with van der Waals surface area (Å²) >= 11 is 0. The number of halogens is 3. The average Bonchev–Trinajstić information content (AvgIpc) is 3.24. The first-order valence-electron chi connectivity index (χ1n) is 13.7. The smallest absolute Gasteiger partial charge is 0.446 e. The minimum Gasteiger partial charge on any atom is -0.504 e. The van der Waals surface area contributed by atoms with Gasteiger partial charge in [-0.2, -0.15) is 13.2 Å². The fourth-order valence-electron chi connectivity index (χ4n) is 6.82. The van der Waals surface area contributed by atoms with Gasteiger partial charge in [0.1, 0.15) is 11.5 Å². The van der Waals surface area contributed by atoms with Crippen molar-refractivity contribution < 1.29 is 57.1 Å². The molecule has 0 saturated carbocycles. The predicted molar refractivity (Wildman–Crippen MR) is 140 cm³/mol. The van der Waals surface area contributed by atoms with Crippen molar-refractivity contribution >= 4 is 24.0 Å². The van der Waals surface area contributed by atoms with Gasteiger partial charge >= 0.3 is 18.1 Å². The molecule has 10 nitrogen and oxygen atoms in total. The number of Topliss-reactive ketones (excluding diaryl/α,β-unsaturated/α-hetero) is 1. The van der Waals surface area contributed by atoms with Crippen LogP contribution in [0.1, 0.15) is 57.1 Å². The molecule has 2 heterocycles. The van der Waals surface area contributed by atoms with Crippen molar-refractivity contribution in [2.45, 2.75) is 81.7 Å². The van der Waals surface area contributed by atoms with Crippen LogP contribution in [0.5, 0.6) is 11.5 Å². The van der Waals surface area contributed by atoms with E-state index in [1.165, 1.54) is 0 Å². The average molecular weight is 598 g/mol. The number of aliphatic carboxylic acids is 1. The van der Waals surface area contributed by atoms with Crippen molar-refractivity contribution in [3.8, 4) is 11.5 Å². The van der Waals surface area contributed by atoms with E-state index < -0.39 is 53.9 Å². The lowest BCUT2D eigenvalue weighted by Gasteiger charge is -2.56. The number of benzene rings is 1. The molecule has 1 aromatic rings. The number of likely N-dealkylation sites (N-methyl/N-ethyl adjacent to an activating group) is 1. The van der Waals surface area contributed by atoms with E-state index in [1.54, 1.807) is 26.0 Å². The predicted octanol–water partition coefficient (Wildman–Crippen LogP) is 3.06. The molecule has 4 aliphatic rings. The first-order chi connectivity index (χ1) is 19.6. The zero-order chi connectivity index (χ0) is 31.2. The number of esters is 1. The first kappa shape index (κ1) is 31.5. The largest absolute Gasteiger partial charge is 0.504 e. The highest BCUT2D eigenvalue weighted by Gasteiger charge is 2.71. The maximum Gasteiger partial charge on any atom is 0.446 e. The molecule has 1 fully saturated rings. The molecule has 3 N–H and O–H groups in total. The molecule has 0 unspecified atom stereocenters. The number of hydrogen-bond acceptors (Lipinski definition) is 9. The minimum absolute atomic E-state index is 0.0344. The van der Waals surface area contributed by atoms with Crippen LogP contribution < -0.4 is 4.74 Å². The standard InChI is InChI=1S/C27H33NO8.C2HF3O/c1-14(2)18(30)11-16(13-21(31)32)25(33)35-19-7-9-27(34)20-12-15-5-6-17(29)23-22(15)26(27,24(19)36-23)8-4-10-28(20)3;3-2(4,5)1-6/h5-7,14,16,20,24,29,34H,4,8-13H2,1-3H3,(H,31,32);1H/t16-,20+,24-,26-,27+;/m0./s1. The molecule has 5 atom stereocenters. The highest BCUT2D eigenvalue weighted by molar-refractivity contribution is 5.88. The van der Waals surface area contributed by atoms with Gasteiger partial charge in [0.25, 0.3) is 0 Å². The van der Waals surface area contributed by atoms with Crippen molar-refractivity contribution in [1.82, 2.24) is 4.90 Å². The zero-order valence-corrected chi connectivity index (χ0v) is 23.4. The second-order valence-electron chi connectivity index (χ2n) is 11.7. The molecular formula is C29H34F3NO9. The third-order valence-corrected chi connectivity index (χ3v) is 8.77. The Balaban J connectivity index is 0.000000612. The lowest BCUT2D eigenvalue weighted by atomic mass is 9.52. The van der Waals surface area contributed by atoms with Crippen molar-refractivity contribution in [2.24, 2.45) is 11.8 Å². The number of carboxylic acids is 1. The van der Waals surface area contributed by atoms with Crippen LogP contribution in [0.25, 0.3) is 0 Å². The van der Waals surface area contributed by atoms with E-state index in [1.807, 2.05) is 13.1 Å². The third-order valence-electron chi connectivity index (χ3n) is 8.77. The summed E-state index contributed by atoms with van der Waals surface area (Å²) in [5.41, 5.74) is -0.364. The van der Waals surface area contributed by atoms with E-state index in [4.69, 9.17) is 14.3 Å². The van der Waals surface area contributed by atoms with E-state index in [0.717, 1.165) is 24.1 Å². The number of phenolic OH excluding ortho intramolecular Hbond substituents is 1. The van der Waals surface area contributed by atoms with Gasteiger partial charge in [-0.15, -0.1) is 0 Å². The minimum atomic E-state index is -4.64. The summed E-state index contributed by atoms with van der Waals surface area (Å²) in [6.07, 6.45) is -3.49. The van der Waals surface area contributed by atoms with E-state index in [9.17, 15) is 42.9 Å². The van der Waals surface area contributed by atoms with Gasteiger partial charge in [-0.3, -0.25) is 19.2 Å². The monoisotopic (exact) mass is 597 g/mol. The number of ketones is 1. The van der Waals surface area contributed by atoms with Crippen LogP contribution >= 0.6 is 0 Å². The van der Waals surface area contributed by atoms with Gasteiger partial charge in [-0.25, -0.2) is 0 Å². The highest BCUT2D eigenvalue weighted by Crippen LogP contribution is 2.65. The van der Waals surface area contributed by atoms with Crippen LogP contribution in [0.2, 0.25) is 0 Å². The van der Waals surface area contributed by atoms with Gasteiger partial charge in [0.15, 0.2) is 17.6 Å². The van der Waals surface area contributed by atoms with E-state index in [-0.39, 0.29) is 42.1 Å². The first-order valence-corrected chi connectivity index (χ1v) is 13.7. The Bertz CT molecular complexity index is 1310. The number of nitrogens with zero attached hydrogens (tertiary/aromatic N) is 1. The summed E-state index contributed by atoms with van der Waals surface area (Å²) in [5, 5.41) is 32.3. The fourth-order valence-corrected chi connectivity index (χ4v) is 6.82. The quantitative estimate of drug-likeness (QED) is 0.316. The van der Waals surface area contributed by atoms with Crippen LogP contribution in [0.3, 0.4) is 0 Å². The van der Waals surface area contributed by atoms with Gasteiger partial charge in [0, 0.05) is 30.4 Å². The molecule has 0 amide bonds. The Morgan fingerprint density at radius 3 is 2.50 bits per heavy atom. The van der Waals surface area contributed by atoms with Gasteiger partial charge in [0.05, 0.1) is 23.4 Å². The Morgan fingerprint density at radius 1 is 1.24 bits per heavy atom. The summed E-state index contributed by atoms with van der Waals surface area (Å²) in [6.45, 7) is 4.18. The van der Waals surface area contributed by atoms with E-state index in [2.05, 4.69) is 4.90 Å². The lowest BCUT2D eigenvalue weighted by Crippen LogP contribution is -2.69. The molecular weight excluding hydrogens is 563 g/mol. The number of carbonyl (C=O) groups is 4. The highest BCUT2D eigenvalue weighted by atomic mass is 19.4. The number of hydrogen-bond donors (Lipinski definition) is 3. The maximum atomic E-state index is 13.2. The summed E-state index contributed by atoms with van der Waals surface area (Å²) in [6, 6.07) is 3.28. The fraction of sp³-hybridized carbons (Fsp3) is 0.586. The van der Waals surface area contributed by atoms with Crippen molar-refractivity contribution in [3.05, 3.63) is 35.1 Å². The third kappa shape index (κ3) is 5.39. The zero-order valence-electron chi connectivity index (χ0n) is 23.4. The van der Waals surface area contributed by atoms with Crippen LogP contribution in [-0.2, 0) is 35.8 Å². The molecule has 0 aromatic heterocycles. The summed E-state index contributed by atoms with van der Waals surface area (Å²) in [7, 11) is 2.00. The number of ether oxygens (including phenoxy) is 2. The topological polar surface area (TPSA) is 151 Å². The van der Waals surface area contributed by atoms with Crippen LogP contribution in [0.15, 0.2) is 24.0 Å². The number of aromatic hydroxyl groups is 1. The summed E-state index contributed by atoms with van der Waals surface area (Å²) < 4.78 is 43.4. The molecule has 5 rings (SSSR count). The molecule has 1 spiro atoms. The number of carbonyl (C=O) groups excluding carboxylic acids is 3. The number of aliphatic hydroxyl groups is 1. The van der Waals surface area contributed by atoms with Crippen LogP contribution in [0.4, 0.5) is 13.2 Å². The molecule has 2 aliphatic carbocycles. The maximum absolute atomic E-state index is 13.2. The SMILES string of the molecule is CC(C)C(=O)C[C@@H](CC(=O)O)C(=O)OC1=CC[C@@]2(O)[C@H]3Cc4ccc(O)c5c4[C@@]2(CCCN3C)[C@H]1O5.O=CC(F)(F)F. The molecule has 1 saturated heterocycles. The van der Waals surface area contributed by atoms with E-state index in [0.29, 0.717) is 18.6 Å². The molecule has 0 radical (unpaired) electrons. The van der Waals surface area contributed by atoms with Crippen molar-refractivity contribution in [3.63, 3.8) is 0 Å². The Kier molecular flexibility index (Phi) is 8.49. The van der Waals surface area contributed by atoms with Gasteiger partial charge in [0.2, 0.25) is 6.29 Å². The molecule has 2 bridgehead atoms. The second kappa shape index (κ2) is 11.3. The number of alkyl halides is 3. The normalized spacial score (nSPS) is 28.2. The molecule has 13 heteroatoms. The number of carboxylic acid groups (broad SMARTS) is 1. The Labute approximate surface area is 240 Å². The molecule has 2 aliphatic heterocycles. The van der Waals surface area contributed by atoms with E-state index >= 15 is 0 Å². The molecule has 230 valence electrons. The van der Waals surface area contributed by atoms with Gasteiger partial charge in [-0.05, 0) is 50.6 Å². The number of aldehydes is 1. The van der Waals surface area contributed by atoms with Crippen LogP contribution in [0, 0.1) is 11.8 Å². The number of rotatable bonds is 7. The number of phenols is 1. The molecule has 42 heavy (non-hydrogen) atoms. The summed E-state index contributed by atoms with van der Waals surface area (Å²) in [4.78, 5) is 47.9. The Hall–Kier alpha value is -3.45. The van der Waals surface area contributed by atoms with Crippen LogP contribution in [-0.4, -0.2) is 81.7 Å².